The monoisotopic (exact) mass is 434 g/mol. The van der Waals surface area contributed by atoms with Gasteiger partial charge in [0, 0.05) is 11.6 Å². The molecule has 1 saturated heterocycles. The van der Waals surface area contributed by atoms with Crippen LogP contribution in [0.4, 0.5) is 5.69 Å². The molecule has 1 aromatic heterocycles. The minimum absolute atomic E-state index is 0.159. The summed E-state index contributed by atoms with van der Waals surface area (Å²) in [5.41, 5.74) is 2.40. The Morgan fingerprint density at radius 3 is 2.44 bits per heavy atom. The van der Waals surface area contributed by atoms with Crippen molar-refractivity contribution in [3.8, 4) is 0 Å². The number of imide groups is 1. The zero-order valence-electron chi connectivity index (χ0n) is 18.6. The first-order valence-corrected chi connectivity index (χ1v) is 11.7. The van der Waals surface area contributed by atoms with Crippen LogP contribution in [0, 0.1) is 17.8 Å². The van der Waals surface area contributed by atoms with E-state index in [9.17, 15) is 14.4 Å². The number of likely N-dealkylation sites (tertiary alicyclic amines) is 1. The van der Waals surface area contributed by atoms with Gasteiger partial charge in [0.25, 0.3) is 0 Å². The molecule has 0 spiro atoms. The predicted molar refractivity (Wildman–Crippen MR) is 122 cm³/mol. The van der Waals surface area contributed by atoms with Crippen molar-refractivity contribution >= 4 is 34.4 Å². The number of hydrogen-bond donors (Lipinski definition) is 2. The molecule has 2 N–H and O–H groups in total. The number of nitrogens with zero attached hydrogens (tertiary/aromatic N) is 2. The Kier molecular flexibility index (Phi) is 5.35. The van der Waals surface area contributed by atoms with Crippen LogP contribution in [-0.2, 0) is 14.4 Å². The van der Waals surface area contributed by atoms with Crippen LogP contribution >= 0.6 is 0 Å². The van der Waals surface area contributed by atoms with E-state index in [-0.39, 0.29) is 35.5 Å². The molecule has 2 heterocycles. The molecule has 1 saturated carbocycles. The van der Waals surface area contributed by atoms with Gasteiger partial charge in [-0.25, -0.2) is 4.98 Å². The fourth-order valence-corrected chi connectivity index (χ4v) is 5.12. The molecule has 3 unspecified atom stereocenters. The Balaban J connectivity index is 1.37. The van der Waals surface area contributed by atoms with Crippen molar-refractivity contribution in [2.24, 2.45) is 17.8 Å². The van der Waals surface area contributed by atoms with Crippen LogP contribution in [0.3, 0.4) is 0 Å². The van der Waals surface area contributed by atoms with E-state index < -0.39 is 6.04 Å². The molecule has 7 nitrogen and oxygen atoms in total. The topological polar surface area (TPSA) is 95.2 Å². The quantitative estimate of drug-likeness (QED) is 0.528. The molecule has 7 heteroatoms. The van der Waals surface area contributed by atoms with Crippen LogP contribution < -0.4 is 5.32 Å². The summed E-state index contributed by atoms with van der Waals surface area (Å²) >= 11 is 0. The average molecular weight is 435 g/mol. The Hall–Kier alpha value is -2.96. The number of hydrogen-bond acceptors (Lipinski definition) is 4. The molecule has 3 aliphatic rings. The van der Waals surface area contributed by atoms with E-state index in [4.69, 9.17) is 0 Å². The molecular weight excluding hydrogens is 404 g/mol. The number of amides is 3. The van der Waals surface area contributed by atoms with Crippen molar-refractivity contribution in [3.05, 3.63) is 36.2 Å². The molecule has 1 aliphatic heterocycles. The minimum Gasteiger partial charge on any atom is -0.342 e. The second-order valence-electron chi connectivity index (χ2n) is 9.82. The lowest BCUT2D eigenvalue weighted by Gasteiger charge is -2.27. The fraction of sp³-hybridized carbons (Fsp3) is 0.520. The summed E-state index contributed by atoms with van der Waals surface area (Å²) in [4.78, 5) is 48.8. The number of anilines is 1. The van der Waals surface area contributed by atoms with Crippen molar-refractivity contribution in [2.75, 3.05) is 5.32 Å². The van der Waals surface area contributed by atoms with Gasteiger partial charge in [-0.3, -0.25) is 19.3 Å². The zero-order valence-corrected chi connectivity index (χ0v) is 18.6. The fourth-order valence-electron chi connectivity index (χ4n) is 5.12. The van der Waals surface area contributed by atoms with E-state index in [0.717, 1.165) is 29.7 Å². The molecule has 0 radical (unpaired) electrons. The first kappa shape index (κ1) is 20.9. The Bertz CT molecular complexity index is 1070. The van der Waals surface area contributed by atoms with Gasteiger partial charge in [-0.05, 0) is 56.2 Å². The van der Waals surface area contributed by atoms with Crippen molar-refractivity contribution in [3.63, 3.8) is 0 Å². The summed E-state index contributed by atoms with van der Waals surface area (Å²) < 4.78 is 0. The van der Waals surface area contributed by atoms with Gasteiger partial charge >= 0.3 is 0 Å². The van der Waals surface area contributed by atoms with Gasteiger partial charge in [-0.15, -0.1) is 0 Å². The highest BCUT2D eigenvalue weighted by atomic mass is 16.2. The maximum absolute atomic E-state index is 13.3. The van der Waals surface area contributed by atoms with Crippen molar-refractivity contribution in [2.45, 2.75) is 64.3 Å². The maximum atomic E-state index is 13.3. The van der Waals surface area contributed by atoms with Crippen LogP contribution in [0.15, 0.2) is 30.4 Å². The number of carbonyl (C=O) groups excluding carboxylic acids is 3. The number of nitrogens with one attached hydrogen (secondary N) is 2. The number of rotatable bonds is 6. The van der Waals surface area contributed by atoms with Gasteiger partial charge in [0.1, 0.15) is 11.9 Å². The summed E-state index contributed by atoms with van der Waals surface area (Å²) in [7, 11) is 0. The lowest BCUT2D eigenvalue weighted by atomic mass is 9.85. The molecule has 168 valence electrons. The molecule has 0 bridgehead atoms. The highest BCUT2D eigenvalue weighted by molar-refractivity contribution is 6.10. The Labute approximate surface area is 187 Å². The lowest BCUT2D eigenvalue weighted by Crippen LogP contribution is -2.48. The van der Waals surface area contributed by atoms with E-state index in [1.807, 2.05) is 44.2 Å². The number of aromatic amines is 1. The van der Waals surface area contributed by atoms with Gasteiger partial charge < -0.3 is 10.3 Å². The number of H-pyrrole nitrogens is 1. The molecule has 3 amide bonds. The molecule has 3 atom stereocenters. The second-order valence-corrected chi connectivity index (χ2v) is 9.82. The van der Waals surface area contributed by atoms with Crippen LogP contribution in [0.2, 0.25) is 0 Å². The van der Waals surface area contributed by atoms with Crippen LogP contribution in [-0.4, -0.2) is 38.6 Å². The summed E-state index contributed by atoms with van der Waals surface area (Å²) in [5, 5.41) is 2.96. The van der Waals surface area contributed by atoms with Crippen molar-refractivity contribution in [1.82, 2.24) is 14.9 Å². The highest BCUT2D eigenvalue weighted by Crippen LogP contribution is 2.38. The second kappa shape index (κ2) is 8.19. The smallest absolute Gasteiger partial charge is 0.247 e. The van der Waals surface area contributed by atoms with E-state index >= 15 is 0 Å². The summed E-state index contributed by atoms with van der Waals surface area (Å²) in [6.07, 6.45) is 9.07. The first-order chi connectivity index (χ1) is 15.4. The van der Waals surface area contributed by atoms with Gasteiger partial charge in [0.15, 0.2) is 0 Å². The third kappa shape index (κ3) is 3.63. The molecule has 2 aromatic rings. The van der Waals surface area contributed by atoms with Crippen molar-refractivity contribution < 1.29 is 14.4 Å². The van der Waals surface area contributed by atoms with Crippen LogP contribution in [0.5, 0.6) is 0 Å². The Morgan fingerprint density at radius 2 is 1.84 bits per heavy atom. The summed E-state index contributed by atoms with van der Waals surface area (Å²) in [6, 6.07) is 4.80. The number of imidazole rings is 1. The standard InChI is InChI=1S/C25H30N4O3/c1-14(2)12-21(29-24(31)17-8-3-4-9-18(17)25(29)32)23(30)26-16-10-11-19-20(13-16)28-22(27-19)15-6-5-7-15/h3-4,10-11,13-15,17-18,21H,5-9,12H2,1-2H3,(H,26,30)(H,27,28). The lowest BCUT2D eigenvalue weighted by molar-refractivity contribution is -0.147. The summed E-state index contributed by atoms with van der Waals surface area (Å²) in [5.74, 6) is 0.274. The number of carbonyl (C=O) groups is 3. The SMILES string of the molecule is CC(C)CC(C(=O)Nc1ccc2nc(C3CCC3)[nH]c2c1)N1C(=O)C2CC=CCC2C1=O. The van der Waals surface area contributed by atoms with Gasteiger partial charge in [-0.1, -0.05) is 32.4 Å². The van der Waals surface area contributed by atoms with E-state index in [1.54, 1.807) is 0 Å². The minimum atomic E-state index is -0.802. The molecule has 2 fully saturated rings. The van der Waals surface area contributed by atoms with E-state index in [0.29, 0.717) is 30.9 Å². The van der Waals surface area contributed by atoms with Gasteiger partial charge in [-0.2, -0.15) is 0 Å². The molecule has 1 aromatic carbocycles. The first-order valence-electron chi connectivity index (χ1n) is 11.7. The molecule has 2 aliphatic carbocycles. The highest BCUT2D eigenvalue weighted by Gasteiger charge is 2.51. The predicted octanol–water partition coefficient (Wildman–Crippen LogP) is 4.13. The average Bonchev–Trinajstić information content (AvgIpc) is 3.23. The molecule has 5 rings (SSSR count). The zero-order chi connectivity index (χ0) is 22.4. The van der Waals surface area contributed by atoms with Crippen molar-refractivity contribution in [1.29, 1.82) is 0 Å². The largest absolute Gasteiger partial charge is 0.342 e. The number of fused-ring (bicyclic) bond motifs is 2. The van der Waals surface area contributed by atoms with Gasteiger partial charge in [0.05, 0.1) is 22.9 Å². The maximum Gasteiger partial charge on any atom is 0.247 e. The van der Waals surface area contributed by atoms with Crippen LogP contribution in [0.1, 0.15) is 64.1 Å². The normalized spacial score (nSPS) is 24.2. The summed E-state index contributed by atoms with van der Waals surface area (Å²) in [6.45, 7) is 4.00. The third-order valence-electron chi connectivity index (χ3n) is 7.11. The number of aromatic nitrogens is 2. The van der Waals surface area contributed by atoms with Gasteiger partial charge in [0.2, 0.25) is 17.7 Å². The molecular formula is C25H30N4O3. The van der Waals surface area contributed by atoms with Crippen LogP contribution in [0.25, 0.3) is 11.0 Å². The van der Waals surface area contributed by atoms with E-state index in [1.165, 1.54) is 11.3 Å². The third-order valence-corrected chi connectivity index (χ3v) is 7.11. The number of benzene rings is 1. The molecule has 32 heavy (non-hydrogen) atoms. The van der Waals surface area contributed by atoms with E-state index in [2.05, 4.69) is 15.3 Å². The Morgan fingerprint density at radius 1 is 1.16 bits per heavy atom. The number of allylic oxidation sites excluding steroid dienone is 2.